The molecule has 3 heterocycles. The van der Waals surface area contributed by atoms with Crippen molar-refractivity contribution in [2.75, 3.05) is 4.90 Å². The summed E-state index contributed by atoms with van der Waals surface area (Å²) in [6.07, 6.45) is 0. The van der Waals surface area contributed by atoms with Crippen LogP contribution in [-0.4, -0.2) is 0 Å². The predicted molar refractivity (Wildman–Crippen MR) is 223 cm³/mol. The van der Waals surface area contributed by atoms with Crippen LogP contribution in [0.3, 0.4) is 0 Å². The molecule has 0 N–H and O–H groups in total. The largest absolute Gasteiger partial charge is 0.455 e. The lowest BCUT2D eigenvalue weighted by Gasteiger charge is -2.26. The Morgan fingerprint density at radius 3 is 1.57 bits per heavy atom. The molecular formula is C50H29NO3. The van der Waals surface area contributed by atoms with Gasteiger partial charge in [-0.3, -0.25) is 0 Å². The Balaban J connectivity index is 1.06. The number of hydrogen-bond donors (Lipinski definition) is 0. The lowest BCUT2D eigenvalue weighted by atomic mass is 9.98. The Kier molecular flexibility index (Phi) is 6.02. The highest BCUT2D eigenvalue weighted by Gasteiger charge is 2.21. The van der Waals surface area contributed by atoms with Gasteiger partial charge in [-0.25, -0.2) is 0 Å². The summed E-state index contributed by atoms with van der Waals surface area (Å²) in [6.45, 7) is 0. The van der Waals surface area contributed by atoms with Gasteiger partial charge in [0.25, 0.3) is 0 Å². The van der Waals surface area contributed by atoms with Crippen LogP contribution in [0.15, 0.2) is 189 Å². The molecule has 54 heavy (non-hydrogen) atoms. The Labute approximate surface area is 308 Å². The van der Waals surface area contributed by atoms with E-state index in [-0.39, 0.29) is 0 Å². The number of anilines is 3. The van der Waals surface area contributed by atoms with Crippen molar-refractivity contribution in [3.8, 4) is 11.1 Å². The molecule has 0 spiro atoms. The number of para-hydroxylation sites is 5. The SMILES string of the molecule is c1ccc2c(c1)oc1c(-c3ccc(N(c4ccc5c(ccc6ccc7c8ccccc8oc7c65)c4)c4cccc5c4oc4ccccc45)cc3)cccc12. The van der Waals surface area contributed by atoms with Crippen molar-refractivity contribution in [1.29, 1.82) is 0 Å². The molecule has 0 saturated heterocycles. The molecule has 3 aromatic heterocycles. The average molecular weight is 692 g/mol. The van der Waals surface area contributed by atoms with Gasteiger partial charge >= 0.3 is 0 Å². The molecule has 12 rings (SSSR count). The van der Waals surface area contributed by atoms with Gasteiger partial charge in [-0.1, -0.05) is 121 Å². The van der Waals surface area contributed by atoms with Crippen LogP contribution in [-0.2, 0) is 0 Å². The van der Waals surface area contributed by atoms with Crippen molar-refractivity contribution in [2.45, 2.75) is 0 Å². The summed E-state index contributed by atoms with van der Waals surface area (Å²) in [5, 5.41) is 11.3. The van der Waals surface area contributed by atoms with E-state index in [1.807, 2.05) is 36.4 Å². The smallest absolute Gasteiger partial charge is 0.159 e. The van der Waals surface area contributed by atoms with Crippen LogP contribution in [0.2, 0.25) is 0 Å². The van der Waals surface area contributed by atoms with Crippen LogP contribution in [0.4, 0.5) is 17.1 Å². The fourth-order valence-electron chi connectivity index (χ4n) is 8.56. The zero-order valence-electron chi connectivity index (χ0n) is 28.9. The third kappa shape index (κ3) is 4.19. The van der Waals surface area contributed by atoms with Crippen molar-refractivity contribution in [3.05, 3.63) is 176 Å². The van der Waals surface area contributed by atoms with E-state index < -0.39 is 0 Å². The highest BCUT2D eigenvalue weighted by atomic mass is 16.3. The van der Waals surface area contributed by atoms with Crippen LogP contribution >= 0.6 is 0 Å². The highest BCUT2D eigenvalue weighted by Crippen LogP contribution is 2.45. The van der Waals surface area contributed by atoms with Crippen molar-refractivity contribution in [2.24, 2.45) is 0 Å². The van der Waals surface area contributed by atoms with E-state index in [2.05, 4.69) is 144 Å². The van der Waals surface area contributed by atoms with Crippen molar-refractivity contribution >= 4 is 104 Å². The van der Waals surface area contributed by atoms with Crippen molar-refractivity contribution in [1.82, 2.24) is 0 Å². The molecule has 0 amide bonds. The van der Waals surface area contributed by atoms with E-state index in [9.17, 15) is 0 Å². The minimum atomic E-state index is 0.845. The number of benzene rings is 9. The second-order valence-electron chi connectivity index (χ2n) is 14.0. The topological polar surface area (TPSA) is 42.7 Å². The summed E-state index contributed by atoms with van der Waals surface area (Å²) in [5.74, 6) is 0. The van der Waals surface area contributed by atoms with E-state index >= 15 is 0 Å². The molecule has 0 atom stereocenters. The molecule has 4 heteroatoms. The number of furan rings is 3. The molecule has 0 saturated carbocycles. The summed E-state index contributed by atoms with van der Waals surface area (Å²) in [5.41, 5.74) is 10.5. The summed E-state index contributed by atoms with van der Waals surface area (Å²) in [4.78, 5) is 2.31. The van der Waals surface area contributed by atoms with Gasteiger partial charge in [-0.05, 0) is 76.3 Å². The third-order valence-corrected chi connectivity index (χ3v) is 11.0. The molecule has 0 unspecified atom stereocenters. The molecule has 0 aliphatic heterocycles. The van der Waals surface area contributed by atoms with Crippen LogP contribution in [0.25, 0.3) is 98.5 Å². The van der Waals surface area contributed by atoms with E-state index in [0.717, 1.165) is 116 Å². The Morgan fingerprint density at radius 2 is 0.852 bits per heavy atom. The summed E-state index contributed by atoms with van der Waals surface area (Å²) in [7, 11) is 0. The molecule has 0 radical (unpaired) electrons. The Morgan fingerprint density at radius 1 is 0.333 bits per heavy atom. The van der Waals surface area contributed by atoms with Gasteiger partial charge in [0.15, 0.2) is 5.58 Å². The first-order valence-electron chi connectivity index (χ1n) is 18.2. The molecule has 9 aromatic carbocycles. The molecule has 252 valence electrons. The van der Waals surface area contributed by atoms with Gasteiger partial charge in [0.2, 0.25) is 0 Å². The van der Waals surface area contributed by atoms with Gasteiger partial charge in [-0.2, -0.15) is 0 Å². The van der Waals surface area contributed by atoms with Crippen LogP contribution in [0, 0.1) is 0 Å². The van der Waals surface area contributed by atoms with E-state index in [1.54, 1.807) is 0 Å². The van der Waals surface area contributed by atoms with Gasteiger partial charge < -0.3 is 18.2 Å². The maximum Gasteiger partial charge on any atom is 0.159 e. The molecule has 12 aromatic rings. The lowest BCUT2D eigenvalue weighted by molar-refractivity contribution is 0.669. The van der Waals surface area contributed by atoms with Gasteiger partial charge in [0, 0.05) is 54.6 Å². The Hall–Kier alpha value is -7.30. The number of nitrogens with zero attached hydrogens (tertiary/aromatic N) is 1. The lowest BCUT2D eigenvalue weighted by Crippen LogP contribution is -2.10. The number of rotatable bonds is 4. The summed E-state index contributed by atoms with van der Waals surface area (Å²) < 4.78 is 19.6. The first-order valence-corrected chi connectivity index (χ1v) is 18.2. The van der Waals surface area contributed by atoms with Crippen LogP contribution < -0.4 is 4.90 Å². The van der Waals surface area contributed by atoms with Gasteiger partial charge in [0.1, 0.15) is 27.9 Å². The fourth-order valence-corrected chi connectivity index (χ4v) is 8.56. The zero-order chi connectivity index (χ0) is 35.3. The number of fused-ring (bicyclic) bond motifs is 13. The molecule has 0 fully saturated rings. The monoisotopic (exact) mass is 691 g/mol. The maximum absolute atomic E-state index is 6.63. The first-order chi connectivity index (χ1) is 26.8. The predicted octanol–water partition coefficient (Wildman–Crippen LogP) is 14.8. The second-order valence-corrected chi connectivity index (χ2v) is 14.0. The van der Waals surface area contributed by atoms with E-state index in [4.69, 9.17) is 13.3 Å². The van der Waals surface area contributed by atoms with Gasteiger partial charge in [0.05, 0.1) is 5.69 Å². The van der Waals surface area contributed by atoms with Crippen molar-refractivity contribution in [3.63, 3.8) is 0 Å². The second kappa shape index (κ2) is 11.1. The molecular weight excluding hydrogens is 663 g/mol. The summed E-state index contributed by atoms with van der Waals surface area (Å²) in [6, 6.07) is 61.9. The zero-order valence-corrected chi connectivity index (χ0v) is 28.9. The minimum absolute atomic E-state index is 0.845. The van der Waals surface area contributed by atoms with E-state index in [0.29, 0.717) is 0 Å². The van der Waals surface area contributed by atoms with Crippen LogP contribution in [0.1, 0.15) is 0 Å². The molecule has 4 nitrogen and oxygen atoms in total. The van der Waals surface area contributed by atoms with Crippen LogP contribution in [0.5, 0.6) is 0 Å². The average Bonchev–Trinajstić information content (AvgIpc) is 3.93. The first kappa shape index (κ1) is 29.3. The standard InChI is InChI=1S/C50H29NO3/c1-4-16-44-37(9-1)40-13-7-12-36(48(40)52-44)30-21-24-33(25-22-30)51(43-15-8-14-41-38-10-2-5-17-45(38)53-49(41)43)34-26-28-35-32(29-34)20-19-31-23-27-42-39-11-3-6-18-46(39)54-50(42)47(31)35/h1-29H. The van der Waals surface area contributed by atoms with Crippen molar-refractivity contribution < 1.29 is 13.3 Å². The summed E-state index contributed by atoms with van der Waals surface area (Å²) >= 11 is 0. The van der Waals surface area contributed by atoms with E-state index in [1.165, 1.54) is 0 Å². The third-order valence-electron chi connectivity index (χ3n) is 11.0. The fraction of sp³-hybridized carbons (Fsp3) is 0. The normalized spacial score (nSPS) is 12.1. The Bertz CT molecular complexity index is 3450. The van der Waals surface area contributed by atoms with Gasteiger partial charge in [-0.15, -0.1) is 0 Å². The molecule has 0 aliphatic rings. The maximum atomic E-state index is 6.63. The molecule has 0 bridgehead atoms. The molecule has 0 aliphatic carbocycles. The highest BCUT2D eigenvalue weighted by molar-refractivity contribution is 6.23. The number of hydrogen-bond acceptors (Lipinski definition) is 4. The quantitative estimate of drug-likeness (QED) is 0.172. The minimum Gasteiger partial charge on any atom is -0.455 e.